The Hall–Kier alpha value is -1.85. The third-order valence-corrected chi connectivity index (χ3v) is 5.17. The van der Waals surface area contributed by atoms with Crippen LogP contribution in [0.4, 0.5) is 5.82 Å². The number of likely N-dealkylation sites (tertiary alicyclic amines) is 1. The van der Waals surface area contributed by atoms with Crippen molar-refractivity contribution in [3.05, 3.63) is 48.2 Å². The lowest BCUT2D eigenvalue weighted by atomic mass is 10.0. The summed E-state index contributed by atoms with van der Waals surface area (Å²) in [6.07, 6.45) is 4.45. The van der Waals surface area contributed by atoms with E-state index in [0.717, 1.165) is 38.5 Å². The van der Waals surface area contributed by atoms with Gasteiger partial charge in [0, 0.05) is 50.7 Å². The van der Waals surface area contributed by atoms with E-state index in [9.17, 15) is 0 Å². The Morgan fingerprint density at radius 1 is 1.17 bits per heavy atom. The molecule has 5 heteroatoms. The third-order valence-electron chi connectivity index (χ3n) is 5.17. The highest BCUT2D eigenvalue weighted by Crippen LogP contribution is 2.17. The number of hydrogen-bond donors (Lipinski definition) is 2. The second-order valence-electron chi connectivity index (χ2n) is 7.11. The topological polar surface area (TPSA) is 45.1 Å². The standard InChI is InChI=1S/C19H27N5/c1-2-5-16(6-3-1)13-23-10-4-7-18(15-23)20-11-17-12-21-19-8-9-22-24(19)14-17/h1-3,5-6,8-9,17-18,20-21H,4,7,10-15H2. The summed E-state index contributed by atoms with van der Waals surface area (Å²) in [5, 5.41) is 11.7. The summed E-state index contributed by atoms with van der Waals surface area (Å²) in [7, 11) is 0. The summed E-state index contributed by atoms with van der Waals surface area (Å²) in [5.74, 6) is 1.76. The van der Waals surface area contributed by atoms with Crippen molar-refractivity contribution in [3.8, 4) is 0 Å². The second kappa shape index (κ2) is 7.36. The Labute approximate surface area is 144 Å². The number of fused-ring (bicyclic) bond motifs is 1. The Balaban J connectivity index is 1.25. The molecule has 3 heterocycles. The van der Waals surface area contributed by atoms with Crippen molar-refractivity contribution in [1.82, 2.24) is 20.0 Å². The van der Waals surface area contributed by atoms with Crippen LogP contribution in [0.1, 0.15) is 18.4 Å². The smallest absolute Gasteiger partial charge is 0.124 e. The minimum Gasteiger partial charge on any atom is -0.370 e. The van der Waals surface area contributed by atoms with Crippen LogP contribution >= 0.6 is 0 Å². The first-order chi connectivity index (χ1) is 11.9. The molecule has 1 aromatic carbocycles. The Bertz CT molecular complexity index is 638. The number of anilines is 1. The fourth-order valence-corrected chi connectivity index (χ4v) is 3.86. The maximum absolute atomic E-state index is 4.38. The van der Waals surface area contributed by atoms with Gasteiger partial charge in [-0.1, -0.05) is 30.3 Å². The number of nitrogens with one attached hydrogen (secondary N) is 2. The van der Waals surface area contributed by atoms with Crippen molar-refractivity contribution in [2.24, 2.45) is 5.92 Å². The van der Waals surface area contributed by atoms with Crippen LogP contribution < -0.4 is 10.6 Å². The van der Waals surface area contributed by atoms with Gasteiger partial charge < -0.3 is 10.6 Å². The third kappa shape index (κ3) is 3.79. The van der Waals surface area contributed by atoms with Crippen LogP contribution in [0.3, 0.4) is 0 Å². The summed E-state index contributed by atoms with van der Waals surface area (Å²) < 4.78 is 2.08. The fraction of sp³-hybridized carbons (Fsp3) is 0.526. The van der Waals surface area contributed by atoms with E-state index < -0.39 is 0 Å². The van der Waals surface area contributed by atoms with Crippen molar-refractivity contribution in [1.29, 1.82) is 0 Å². The first kappa shape index (κ1) is 15.7. The molecule has 2 aliphatic heterocycles. The van der Waals surface area contributed by atoms with Crippen molar-refractivity contribution < 1.29 is 0 Å². The number of piperidine rings is 1. The average Bonchev–Trinajstić information content (AvgIpc) is 3.09. The molecule has 24 heavy (non-hydrogen) atoms. The van der Waals surface area contributed by atoms with Gasteiger partial charge in [0.2, 0.25) is 0 Å². The lowest BCUT2D eigenvalue weighted by molar-refractivity contribution is 0.179. The van der Waals surface area contributed by atoms with E-state index in [4.69, 9.17) is 0 Å². The van der Waals surface area contributed by atoms with E-state index in [2.05, 4.69) is 55.6 Å². The molecule has 2 N–H and O–H groups in total. The number of benzene rings is 1. The van der Waals surface area contributed by atoms with Gasteiger partial charge in [-0.25, -0.2) is 4.68 Å². The van der Waals surface area contributed by atoms with Gasteiger partial charge in [0.15, 0.2) is 0 Å². The van der Waals surface area contributed by atoms with Crippen molar-refractivity contribution in [3.63, 3.8) is 0 Å². The molecule has 0 amide bonds. The SMILES string of the molecule is c1ccc(CN2CCCC(NCC3CNc4ccnn4C3)C2)cc1. The normalized spacial score (nSPS) is 24.3. The highest BCUT2D eigenvalue weighted by atomic mass is 15.3. The molecule has 1 fully saturated rings. The zero-order valence-corrected chi connectivity index (χ0v) is 14.2. The van der Waals surface area contributed by atoms with Crippen molar-refractivity contribution in [2.45, 2.75) is 32.0 Å². The summed E-state index contributed by atoms with van der Waals surface area (Å²) >= 11 is 0. The summed E-state index contributed by atoms with van der Waals surface area (Å²) in [5.41, 5.74) is 1.42. The highest BCUT2D eigenvalue weighted by Gasteiger charge is 2.22. The molecular formula is C19H27N5. The fourth-order valence-electron chi connectivity index (χ4n) is 3.86. The van der Waals surface area contributed by atoms with E-state index in [1.54, 1.807) is 0 Å². The molecule has 0 aliphatic carbocycles. The van der Waals surface area contributed by atoms with Gasteiger partial charge in [-0.05, 0) is 24.9 Å². The molecule has 2 aliphatic rings. The molecule has 0 radical (unpaired) electrons. The number of aromatic nitrogens is 2. The second-order valence-corrected chi connectivity index (χ2v) is 7.11. The maximum atomic E-state index is 4.38. The minimum absolute atomic E-state index is 0.612. The van der Waals surface area contributed by atoms with Gasteiger partial charge in [0.1, 0.15) is 5.82 Å². The summed E-state index contributed by atoms with van der Waals surface area (Å²) in [6.45, 7) is 6.56. The highest BCUT2D eigenvalue weighted by molar-refractivity contribution is 5.35. The van der Waals surface area contributed by atoms with Crippen LogP contribution in [-0.2, 0) is 13.1 Å². The zero-order chi connectivity index (χ0) is 16.2. The molecule has 0 spiro atoms. The van der Waals surface area contributed by atoms with Gasteiger partial charge in [0.05, 0.1) is 6.20 Å². The quantitative estimate of drug-likeness (QED) is 0.884. The molecule has 0 bridgehead atoms. The van der Waals surface area contributed by atoms with Crippen LogP contribution in [0, 0.1) is 5.92 Å². The number of hydrogen-bond acceptors (Lipinski definition) is 4. The van der Waals surface area contributed by atoms with Crippen molar-refractivity contribution >= 4 is 5.82 Å². The first-order valence-corrected chi connectivity index (χ1v) is 9.12. The van der Waals surface area contributed by atoms with Crippen LogP contribution in [0.5, 0.6) is 0 Å². The molecule has 5 nitrogen and oxygen atoms in total. The van der Waals surface area contributed by atoms with Gasteiger partial charge in [-0.2, -0.15) is 5.10 Å². The predicted octanol–water partition coefficient (Wildman–Crippen LogP) is 2.18. The van der Waals surface area contributed by atoms with Gasteiger partial charge in [-0.3, -0.25) is 4.90 Å². The van der Waals surface area contributed by atoms with E-state index in [1.165, 1.54) is 24.9 Å². The molecule has 128 valence electrons. The van der Waals surface area contributed by atoms with Crippen molar-refractivity contribution in [2.75, 3.05) is 31.5 Å². The van der Waals surface area contributed by atoms with Gasteiger partial charge in [-0.15, -0.1) is 0 Å². The van der Waals surface area contributed by atoms with Crippen LogP contribution in [0.25, 0.3) is 0 Å². The van der Waals surface area contributed by atoms with Gasteiger partial charge >= 0.3 is 0 Å². The number of nitrogens with zero attached hydrogens (tertiary/aromatic N) is 3. The number of rotatable bonds is 5. The first-order valence-electron chi connectivity index (χ1n) is 9.12. The average molecular weight is 325 g/mol. The summed E-state index contributed by atoms with van der Waals surface area (Å²) in [4.78, 5) is 2.58. The van der Waals surface area contributed by atoms with Crippen LogP contribution in [0.2, 0.25) is 0 Å². The van der Waals surface area contributed by atoms with E-state index in [-0.39, 0.29) is 0 Å². The van der Waals surface area contributed by atoms with E-state index in [1.807, 2.05) is 12.3 Å². The minimum atomic E-state index is 0.612. The molecule has 1 saturated heterocycles. The van der Waals surface area contributed by atoms with E-state index in [0.29, 0.717) is 12.0 Å². The largest absolute Gasteiger partial charge is 0.370 e. The Morgan fingerprint density at radius 3 is 3.00 bits per heavy atom. The summed E-state index contributed by atoms with van der Waals surface area (Å²) in [6, 6.07) is 13.5. The molecule has 1 aromatic heterocycles. The molecule has 2 aromatic rings. The molecular weight excluding hydrogens is 298 g/mol. The van der Waals surface area contributed by atoms with Crippen LogP contribution in [-0.4, -0.2) is 46.9 Å². The van der Waals surface area contributed by atoms with Gasteiger partial charge in [0.25, 0.3) is 0 Å². The monoisotopic (exact) mass is 325 g/mol. The zero-order valence-electron chi connectivity index (χ0n) is 14.2. The predicted molar refractivity (Wildman–Crippen MR) is 97.0 cm³/mol. The lowest BCUT2D eigenvalue weighted by Gasteiger charge is -2.34. The molecule has 0 saturated carbocycles. The lowest BCUT2D eigenvalue weighted by Crippen LogP contribution is -2.48. The Kier molecular flexibility index (Phi) is 4.81. The Morgan fingerprint density at radius 2 is 2.08 bits per heavy atom. The van der Waals surface area contributed by atoms with E-state index >= 15 is 0 Å². The molecule has 4 rings (SSSR count). The maximum Gasteiger partial charge on any atom is 0.124 e. The molecule has 2 unspecified atom stereocenters. The van der Waals surface area contributed by atoms with Crippen LogP contribution in [0.15, 0.2) is 42.6 Å². The molecule has 2 atom stereocenters.